The molecule has 2 aromatic heterocycles. The molecule has 1 aromatic carbocycles. The fourth-order valence-corrected chi connectivity index (χ4v) is 6.47. The zero-order valence-corrected chi connectivity index (χ0v) is 23.7. The number of fused-ring (bicyclic) bond motifs is 4. The molecule has 0 unspecified atom stereocenters. The highest BCUT2D eigenvalue weighted by Gasteiger charge is 2.35. The topological polar surface area (TPSA) is 108 Å². The van der Waals surface area contributed by atoms with E-state index in [4.69, 9.17) is 4.42 Å². The van der Waals surface area contributed by atoms with E-state index in [9.17, 15) is 19.2 Å². The number of nitrogens with zero attached hydrogens (tertiary/aromatic N) is 4. The number of pyridine rings is 1. The third-order valence-electron chi connectivity index (χ3n) is 8.12. The lowest BCUT2D eigenvalue weighted by Gasteiger charge is -2.44. The van der Waals surface area contributed by atoms with Crippen molar-refractivity contribution in [3.05, 3.63) is 80.6 Å². The van der Waals surface area contributed by atoms with Gasteiger partial charge in [0, 0.05) is 76.0 Å². The fraction of sp³-hybridized carbons (Fsp3) is 0.379. The van der Waals surface area contributed by atoms with Gasteiger partial charge in [-0.2, -0.15) is 0 Å². The SMILES string of the molecule is CC(=O)N1CCN(C(=O)c2ccc(N3C[C@H]4C[C@@H](C3)c3cccc(=O)n3C4)c(NC(=O)c3ccc(Br)o3)c2)CC1. The van der Waals surface area contributed by atoms with Crippen LogP contribution < -0.4 is 15.8 Å². The maximum absolute atomic E-state index is 13.4. The molecule has 0 saturated carbocycles. The highest BCUT2D eigenvalue weighted by Crippen LogP contribution is 2.39. The van der Waals surface area contributed by atoms with Gasteiger partial charge in [0.05, 0.1) is 11.4 Å². The maximum atomic E-state index is 13.4. The van der Waals surface area contributed by atoms with E-state index in [-0.39, 0.29) is 35.0 Å². The monoisotopic (exact) mass is 607 g/mol. The van der Waals surface area contributed by atoms with E-state index in [0.29, 0.717) is 55.2 Å². The number of hydrogen-bond acceptors (Lipinski definition) is 6. The molecule has 208 valence electrons. The van der Waals surface area contributed by atoms with Gasteiger partial charge >= 0.3 is 0 Å². The highest BCUT2D eigenvalue weighted by molar-refractivity contribution is 9.10. The average molecular weight is 608 g/mol. The summed E-state index contributed by atoms with van der Waals surface area (Å²) in [4.78, 5) is 56.5. The van der Waals surface area contributed by atoms with Crippen molar-refractivity contribution in [3.63, 3.8) is 0 Å². The van der Waals surface area contributed by atoms with Crippen molar-refractivity contribution in [2.24, 2.45) is 5.92 Å². The zero-order chi connectivity index (χ0) is 28.0. The Labute approximate surface area is 239 Å². The number of piperidine rings is 1. The third kappa shape index (κ3) is 5.05. The second-order valence-electron chi connectivity index (χ2n) is 10.7. The Bertz CT molecular complexity index is 1540. The Balaban J connectivity index is 1.30. The number of halogens is 1. The van der Waals surface area contributed by atoms with Gasteiger partial charge in [0.1, 0.15) is 0 Å². The largest absolute Gasteiger partial charge is 0.444 e. The van der Waals surface area contributed by atoms with Gasteiger partial charge in [-0.05, 0) is 64.7 Å². The summed E-state index contributed by atoms with van der Waals surface area (Å²) < 4.78 is 7.81. The molecule has 3 aliphatic heterocycles. The minimum atomic E-state index is -0.416. The first kappa shape index (κ1) is 26.4. The molecule has 2 atom stereocenters. The van der Waals surface area contributed by atoms with E-state index in [1.165, 1.54) is 6.92 Å². The number of benzene rings is 1. The minimum absolute atomic E-state index is 0.00445. The summed E-state index contributed by atoms with van der Waals surface area (Å²) in [6.45, 7) is 5.52. The molecule has 0 aliphatic carbocycles. The number of furan rings is 1. The molecule has 1 N–H and O–H groups in total. The van der Waals surface area contributed by atoms with Crippen LogP contribution in [0, 0.1) is 5.92 Å². The number of hydrogen-bond donors (Lipinski definition) is 1. The number of piperazine rings is 1. The van der Waals surface area contributed by atoms with Crippen LogP contribution in [0.15, 0.2) is 62.4 Å². The van der Waals surface area contributed by atoms with Crippen LogP contribution in [0.3, 0.4) is 0 Å². The number of aromatic nitrogens is 1. The Morgan fingerprint density at radius 1 is 0.950 bits per heavy atom. The molecule has 10 nitrogen and oxygen atoms in total. The van der Waals surface area contributed by atoms with Gasteiger partial charge < -0.3 is 29.0 Å². The second kappa shape index (κ2) is 10.6. The lowest BCUT2D eigenvalue weighted by Crippen LogP contribution is -2.50. The number of nitrogens with one attached hydrogen (secondary N) is 1. The normalized spacial score (nSPS) is 20.2. The first-order valence-electron chi connectivity index (χ1n) is 13.5. The average Bonchev–Trinajstić information content (AvgIpc) is 3.39. The predicted molar refractivity (Wildman–Crippen MR) is 153 cm³/mol. The molecule has 6 rings (SSSR count). The van der Waals surface area contributed by atoms with Gasteiger partial charge in [-0.25, -0.2) is 0 Å². The van der Waals surface area contributed by atoms with Gasteiger partial charge in [-0.3, -0.25) is 19.2 Å². The molecule has 2 saturated heterocycles. The number of anilines is 2. The summed E-state index contributed by atoms with van der Waals surface area (Å²) in [5.74, 6) is 0.0683. The van der Waals surface area contributed by atoms with Crippen molar-refractivity contribution < 1.29 is 18.8 Å². The van der Waals surface area contributed by atoms with Crippen LogP contribution in [-0.2, 0) is 11.3 Å². The molecule has 2 fully saturated rings. The quantitative estimate of drug-likeness (QED) is 0.487. The van der Waals surface area contributed by atoms with E-state index in [1.54, 1.807) is 40.1 Å². The van der Waals surface area contributed by atoms with Crippen molar-refractivity contribution in [1.29, 1.82) is 0 Å². The van der Waals surface area contributed by atoms with Crippen molar-refractivity contribution in [1.82, 2.24) is 14.4 Å². The van der Waals surface area contributed by atoms with Crippen LogP contribution in [0.2, 0.25) is 0 Å². The van der Waals surface area contributed by atoms with E-state index in [0.717, 1.165) is 24.3 Å². The number of rotatable bonds is 4. The third-order valence-corrected chi connectivity index (χ3v) is 8.55. The molecular formula is C29H30BrN5O5. The number of carbonyl (C=O) groups is 3. The Hall–Kier alpha value is -3.86. The molecule has 11 heteroatoms. The Kier molecular flexibility index (Phi) is 6.99. The van der Waals surface area contributed by atoms with Crippen molar-refractivity contribution in [3.8, 4) is 0 Å². The van der Waals surface area contributed by atoms with E-state index < -0.39 is 5.91 Å². The minimum Gasteiger partial charge on any atom is -0.444 e. The van der Waals surface area contributed by atoms with Crippen LogP contribution in [0.4, 0.5) is 11.4 Å². The lowest BCUT2D eigenvalue weighted by molar-refractivity contribution is -0.130. The summed E-state index contributed by atoms with van der Waals surface area (Å²) in [5, 5.41) is 2.98. The van der Waals surface area contributed by atoms with Crippen LogP contribution in [0.1, 0.15) is 45.9 Å². The van der Waals surface area contributed by atoms with Gasteiger partial charge in [0.2, 0.25) is 5.91 Å². The fourth-order valence-electron chi connectivity index (χ4n) is 6.17. The zero-order valence-electron chi connectivity index (χ0n) is 22.1. The molecule has 5 heterocycles. The van der Waals surface area contributed by atoms with Crippen LogP contribution in [0.25, 0.3) is 0 Å². The summed E-state index contributed by atoms with van der Waals surface area (Å²) in [6.07, 6.45) is 1.00. The van der Waals surface area contributed by atoms with Crippen LogP contribution >= 0.6 is 15.9 Å². The molecule has 3 amide bonds. The second-order valence-corrected chi connectivity index (χ2v) is 11.5. The summed E-state index contributed by atoms with van der Waals surface area (Å²) in [6, 6.07) is 14.1. The molecule has 2 bridgehead atoms. The van der Waals surface area contributed by atoms with Gasteiger partial charge in [0.15, 0.2) is 10.4 Å². The van der Waals surface area contributed by atoms with Crippen molar-refractivity contribution in [2.75, 3.05) is 49.5 Å². The molecule has 3 aliphatic rings. The summed E-state index contributed by atoms with van der Waals surface area (Å²) in [7, 11) is 0. The molecule has 0 spiro atoms. The first-order valence-corrected chi connectivity index (χ1v) is 14.3. The maximum Gasteiger partial charge on any atom is 0.291 e. The van der Waals surface area contributed by atoms with E-state index in [1.807, 2.05) is 22.8 Å². The lowest BCUT2D eigenvalue weighted by atomic mass is 9.83. The van der Waals surface area contributed by atoms with Crippen molar-refractivity contribution >= 4 is 45.0 Å². The van der Waals surface area contributed by atoms with E-state index >= 15 is 0 Å². The van der Waals surface area contributed by atoms with Crippen LogP contribution in [0.5, 0.6) is 0 Å². The number of amides is 3. The Morgan fingerprint density at radius 3 is 2.45 bits per heavy atom. The number of carbonyl (C=O) groups excluding carboxylic acids is 3. The molecule has 40 heavy (non-hydrogen) atoms. The summed E-state index contributed by atoms with van der Waals surface area (Å²) >= 11 is 3.24. The van der Waals surface area contributed by atoms with Gasteiger partial charge in [-0.15, -0.1) is 0 Å². The standard InChI is InChI=1S/C29H30BrN5O5/c1-18(36)32-9-11-33(12-10-32)29(39)20-5-6-24(22(14-20)31-28(38)25-7-8-26(30)40-25)34-15-19-13-21(17-34)23-3-2-4-27(37)35(23)16-19/h2-8,14,19,21H,9-13,15-17H2,1H3,(H,31,38)/t19-,21+/m1/s1. The molecule has 0 radical (unpaired) electrons. The van der Waals surface area contributed by atoms with Gasteiger partial charge in [0.25, 0.3) is 17.4 Å². The Morgan fingerprint density at radius 2 is 1.73 bits per heavy atom. The summed E-state index contributed by atoms with van der Waals surface area (Å²) in [5.41, 5.74) is 2.88. The molecular weight excluding hydrogens is 578 g/mol. The molecule has 3 aromatic rings. The van der Waals surface area contributed by atoms with Crippen LogP contribution in [-0.4, -0.2) is 71.4 Å². The highest BCUT2D eigenvalue weighted by atomic mass is 79.9. The predicted octanol–water partition coefficient (Wildman–Crippen LogP) is 3.38. The van der Waals surface area contributed by atoms with E-state index in [2.05, 4.69) is 26.1 Å². The smallest absolute Gasteiger partial charge is 0.291 e. The van der Waals surface area contributed by atoms with Gasteiger partial charge in [-0.1, -0.05) is 6.07 Å². The van der Waals surface area contributed by atoms with Crippen molar-refractivity contribution in [2.45, 2.75) is 25.8 Å². The first-order chi connectivity index (χ1) is 19.3.